The van der Waals surface area contributed by atoms with Gasteiger partial charge in [-0.05, 0) is 25.3 Å². The number of nitrogens with one attached hydrogen (secondary N) is 1. The third-order valence-corrected chi connectivity index (χ3v) is 2.46. The predicted octanol–water partition coefficient (Wildman–Crippen LogP) is 1.95. The maximum atomic E-state index is 10.6. The van der Waals surface area contributed by atoms with Crippen LogP contribution in [-0.2, 0) is 0 Å². The number of pyridine rings is 1. The Morgan fingerprint density at radius 1 is 1.57 bits per heavy atom. The van der Waals surface area contributed by atoms with E-state index in [-0.39, 0.29) is 5.69 Å². The molecule has 0 saturated heterocycles. The second-order valence-electron chi connectivity index (χ2n) is 3.42. The highest BCUT2D eigenvalue weighted by Crippen LogP contribution is 2.28. The first-order chi connectivity index (χ1) is 6.77. The Kier molecular flexibility index (Phi) is 2.30. The normalized spacial score (nSPS) is 16.0. The SMILES string of the molecule is O=[N+]([O-])c1cnccc1NC1CCC1. The molecule has 0 unspecified atom stereocenters. The van der Waals surface area contributed by atoms with Gasteiger partial charge in [-0.25, -0.2) is 0 Å². The Morgan fingerprint density at radius 3 is 2.93 bits per heavy atom. The molecule has 5 nitrogen and oxygen atoms in total. The van der Waals surface area contributed by atoms with Crippen LogP contribution in [0.25, 0.3) is 0 Å². The molecule has 1 heterocycles. The van der Waals surface area contributed by atoms with Gasteiger partial charge in [-0.3, -0.25) is 15.1 Å². The summed E-state index contributed by atoms with van der Waals surface area (Å²) in [6.45, 7) is 0. The Balaban J connectivity index is 2.17. The van der Waals surface area contributed by atoms with Crippen molar-refractivity contribution in [3.8, 4) is 0 Å². The van der Waals surface area contributed by atoms with Gasteiger partial charge in [-0.1, -0.05) is 0 Å². The lowest BCUT2D eigenvalue weighted by atomic mass is 9.93. The minimum absolute atomic E-state index is 0.0550. The van der Waals surface area contributed by atoms with Crippen LogP contribution < -0.4 is 5.32 Å². The second kappa shape index (κ2) is 3.61. The molecule has 5 heteroatoms. The molecule has 74 valence electrons. The molecule has 1 aromatic heterocycles. The van der Waals surface area contributed by atoms with Crippen molar-refractivity contribution in [2.24, 2.45) is 0 Å². The number of rotatable bonds is 3. The highest BCUT2D eigenvalue weighted by Gasteiger charge is 2.21. The average molecular weight is 193 g/mol. The van der Waals surface area contributed by atoms with Crippen molar-refractivity contribution < 1.29 is 4.92 Å². The Labute approximate surface area is 81.3 Å². The topological polar surface area (TPSA) is 68.1 Å². The van der Waals surface area contributed by atoms with Crippen LogP contribution in [0, 0.1) is 10.1 Å². The summed E-state index contributed by atoms with van der Waals surface area (Å²) in [7, 11) is 0. The van der Waals surface area contributed by atoms with Crippen molar-refractivity contribution in [1.29, 1.82) is 0 Å². The van der Waals surface area contributed by atoms with Crippen LogP contribution in [0.4, 0.5) is 11.4 Å². The van der Waals surface area contributed by atoms with E-state index in [9.17, 15) is 10.1 Å². The summed E-state index contributed by atoms with van der Waals surface area (Å²) in [6.07, 6.45) is 6.24. The number of nitro groups is 1. The van der Waals surface area contributed by atoms with Crippen LogP contribution in [-0.4, -0.2) is 15.9 Å². The van der Waals surface area contributed by atoms with E-state index in [4.69, 9.17) is 0 Å². The molecular weight excluding hydrogens is 182 g/mol. The molecule has 0 aliphatic heterocycles. The van der Waals surface area contributed by atoms with Gasteiger partial charge < -0.3 is 5.32 Å². The largest absolute Gasteiger partial charge is 0.377 e. The summed E-state index contributed by atoms with van der Waals surface area (Å²) in [4.78, 5) is 14.0. The summed E-state index contributed by atoms with van der Waals surface area (Å²) in [5, 5.41) is 13.8. The zero-order valence-electron chi connectivity index (χ0n) is 7.64. The van der Waals surface area contributed by atoms with Crippen LogP contribution in [0.3, 0.4) is 0 Å². The molecule has 0 amide bonds. The van der Waals surface area contributed by atoms with Gasteiger partial charge in [0.15, 0.2) is 0 Å². The monoisotopic (exact) mass is 193 g/mol. The molecular formula is C9H11N3O2. The lowest BCUT2D eigenvalue weighted by Gasteiger charge is -2.27. The van der Waals surface area contributed by atoms with Crippen LogP contribution >= 0.6 is 0 Å². The third kappa shape index (κ3) is 1.66. The summed E-state index contributed by atoms with van der Waals surface area (Å²) >= 11 is 0. The molecule has 1 N–H and O–H groups in total. The summed E-state index contributed by atoms with van der Waals surface area (Å²) in [6, 6.07) is 2.05. The third-order valence-electron chi connectivity index (χ3n) is 2.46. The molecule has 1 saturated carbocycles. The van der Waals surface area contributed by atoms with Gasteiger partial charge in [0.05, 0.1) is 4.92 Å². The number of nitrogens with zero attached hydrogens (tertiary/aromatic N) is 2. The zero-order valence-corrected chi connectivity index (χ0v) is 7.64. The summed E-state index contributed by atoms with van der Waals surface area (Å²) < 4.78 is 0. The van der Waals surface area contributed by atoms with E-state index >= 15 is 0 Å². The van der Waals surface area contributed by atoms with Crippen LogP contribution in [0.15, 0.2) is 18.5 Å². The molecule has 0 aromatic carbocycles. The molecule has 0 bridgehead atoms. The van der Waals surface area contributed by atoms with Gasteiger partial charge in [-0.15, -0.1) is 0 Å². The zero-order chi connectivity index (χ0) is 9.97. The summed E-state index contributed by atoms with van der Waals surface area (Å²) in [5.41, 5.74) is 0.633. The molecule has 0 atom stereocenters. The molecule has 14 heavy (non-hydrogen) atoms. The van der Waals surface area contributed by atoms with Crippen molar-refractivity contribution in [1.82, 2.24) is 4.98 Å². The first-order valence-corrected chi connectivity index (χ1v) is 4.62. The molecule has 2 rings (SSSR count). The first kappa shape index (κ1) is 8.93. The van der Waals surface area contributed by atoms with E-state index in [0.717, 1.165) is 12.8 Å². The van der Waals surface area contributed by atoms with E-state index in [2.05, 4.69) is 10.3 Å². The van der Waals surface area contributed by atoms with Gasteiger partial charge >= 0.3 is 5.69 Å². The molecule has 1 aromatic rings. The minimum atomic E-state index is -0.409. The van der Waals surface area contributed by atoms with E-state index in [1.165, 1.54) is 12.6 Å². The van der Waals surface area contributed by atoms with Crippen molar-refractivity contribution >= 4 is 11.4 Å². The molecule has 1 fully saturated rings. The lowest BCUT2D eigenvalue weighted by molar-refractivity contribution is -0.384. The van der Waals surface area contributed by atoms with E-state index in [1.54, 1.807) is 12.3 Å². The minimum Gasteiger partial charge on any atom is -0.377 e. The molecule has 0 radical (unpaired) electrons. The quantitative estimate of drug-likeness (QED) is 0.588. The highest BCUT2D eigenvalue weighted by atomic mass is 16.6. The van der Waals surface area contributed by atoms with Crippen LogP contribution in [0.1, 0.15) is 19.3 Å². The van der Waals surface area contributed by atoms with Gasteiger partial charge in [0, 0.05) is 12.2 Å². The fourth-order valence-corrected chi connectivity index (χ4v) is 1.43. The molecule has 1 aliphatic rings. The van der Waals surface area contributed by atoms with Gasteiger partial charge in [0.2, 0.25) is 0 Å². The average Bonchev–Trinajstić information content (AvgIpc) is 2.12. The van der Waals surface area contributed by atoms with Gasteiger partial charge in [0.25, 0.3) is 0 Å². The number of anilines is 1. The molecule has 1 aliphatic carbocycles. The molecule has 0 spiro atoms. The number of hydrogen-bond acceptors (Lipinski definition) is 4. The lowest BCUT2D eigenvalue weighted by Crippen LogP contribution is -2.27. The van der Waals surface area contributed by atoms with E-state index in [0.29, 0.717) is 11.7 Å². The standard InChI is InChI=1S/C9H11N3O2/c13-12(14)9-6-10-5-4-8(9)11-7-2-1-3-7/h4-7H,1-3H2,(H,10,11). The van der Waals surface area contributed by atoms with Crippen molar-refractivity contribution in [2.75, 3.05) is 5.32 Å². The van der Waals surface area contributed by atoms with E-state index in [1.807, 2.05) is 0 Å². The Hall–Kier alpha value is -1.65. The maximum absolute atomic E-state index is 10.6. The number of hydrogen-bond donors (Lipinski definition) is 1. The fraction of sp³-hybridized carbons (Fsp3) is 0.444. The highest BCUT2D eigenvalue weighted by molar-refractivity contribution is 5.60. The maximum Gasteiger partial charge on any atom is 0.310 e. The summed E-state index contributed by atoms with van der Waals surface area (Å²) in [5.74, 6) is 0. The van der Waals surface area contributed by atoms with E-state index < -0.39 is 4.92 Å². The van der Waals surface area contributed by atoms with Gasteiger partial charge in [-0.2, -0.15) is 0 Å². The van der Waals surface area contributed by atoms with Gasteiger partial charge in [0.1, 0.15) is 11.9 Å². The number of aromatic nitrogens is 1. The van der Waals surface area contributed by atoms with Crippen molar-refractivity contribution in [2.45, 2.75) is 25.3 Å². The van der Waals surface area contributed by atoms with Crippen LogP contribution in [0.2, 0.25) is 0 Å². The second-order valence-corrected chi connectivity index (χ2v) is 3.42. The first-order valence-electron chi connectivity index (χ1n) is 4.62. The smallest absolute Gasteiger partial charge is 0.310 e. The fourth-order valence-electron chi connectivity index (χ4n) is 1.43. The predicted molar refractivity (Wildman–Crippen MR) is 52.2 cm³/mol. The van der Waals surface area contributed by atoms with Crippen molar-refractivity contribution in [3.63, 3.8) is 0 Å². The Morgan fingerprint density at radius 2 is 2.36 bits per heavy atom. The Bertz CT molecular complexity index is 350. The van der Waals surface area contributed by atoms with Crippen LogP contribution in [0.5, 0.6) is 0 Å². The van der Waals surface area contributed by atoms with Crippen molar-refractivity contribution in [3.05, 3.63) is 28.6 Å².